The Morgan fingerprint density at radius 1 is 1.25 bits per heavy atom. The number of rotatable bonds is 1. The van der Waals surface area contributed by atoms with E-state index >= 15 is 0 Å². The van der Waals surface area contributed by atoms with Crippen molar-refractivity contribution in [3.63, 3.8) is 0 Å². The summed E-state index contributed by atoms with van der Waals surface area (Å²) >= 11 is 0. The van der Waals surface area contributed by atoms with Crippen LogP contribution in [0.5, 0.6) is 5.75 Å². The first kappa shape index (κ1) is 13.1. The summed E-state index contributed by atoms with van der Waals surface area (Å²) in [4.78, 5) is 23.3. The number of aldehydes is 1. The zero-order valence-electron chi connectivity index (χ0n) is 11.4. The second-order valence-electron chi connectivity index (χ2n) is 6.27. The van der Waals surface area contributed by atoms with Crippen LogP contribution in [-0.2, 0) is 24.0 Å². The lowest BCUT2D eigenvalue weighted by molar-refractivity contribution is -0.0688. The second kappa shape index (κ2) is 4.06. The molecule has 5 nitrogen and oxygen atoms in total. The van der Waals surface area contributed by atoms with Crippen LogP contribution in [0.15, 0.2) is 0 Å². The van der Waals surface area contributed by atoms with Gasteiger partial charge in [0.25, 0.3) is 0 Å². The summed E-state index contributed by atoms with van der Waals surface area (Å²) in [6, 6.07) is 0. The number of esters is 1. The molecule has 0 saturated heterocycles. The van der Waals surface area contributed by atoms with E-state index in [1.54, 1.807) is 0 Å². The molecule has 1 aliphatic carbocycles. The number of carbonyl (C=O) groups is 2. The smallest absolute Gasteiger partial charge is 0.341 e. The quantitative estimate of drug-likeness (QED) is 0.597. The number of aliphatic hydroxyl groups is 1. The Balaban J connectivity index is 2.32. The number of hydrogen-bond donors (Lipinski definition) is 2. The van der Waals surface area contributed by atoms with Crippen LogP contribution < -0.4 is 0 Å². The van der Waals surface area contributed by atoms with Gasteiger partial charge in [-0.1, -0.05) is 13.8 Å². The topological polar surface area (TPSA) is 83.8 Å². The molecule has 0 bridgehead atoms. The van der Waals surface area contributed by atoms with E-state index in [0.717, 1.165) is 5.56 Å². The van der Waals surface area contributed by atoms with E-state index in [1.165, 1.54) is 0 Å². The number of phenols is 1. The molecule has 1 aromatic carbocycles. The number of ether oxygens (including phenoxy) is 1. The minimum atomic E-state index is -1.26. The first-order valence-electron chi connectivity index (χ1n) is 6.58. The van der Waals surface area contributed by atoms with Crippen molar-refractivity contribution in [1.29, 1.82) is 0 Å². The van der Waals surface area contributed by atoms with E-state index in [4.69, 9.17) is 4.74 Å². The number of aliphatic hydroxyl groups excluding tert-OH is 1. The fourth-order valence-corrected chi connectivity index (χ4v) is 3.31. The average Bonchev–Trinajstić information content (AvgIpc) is 2.64. The van der Waals surface area contributed by atoms with Crippen LogP contribution in [0.1, 0.15) is 51.3 Å². The van der Waals surface area contributed by atoms with Gasteiger partial charge < -0.3 is 14.9 Å². The molecule has 106 valence electrons. The van der Waals surface area contributed by atoms with Crippen LogP contribution in [0.3, 0.4) is 0 Å². The molecule has 2 N–H and O–H groups in total. The van der Waals surface area contributed by atoms with Gasteiger partial charge in [-0.2, -0.15) is 0 Å². The predicted octanol–water partition coefficient (Wildman–Crippen LogP) is 1.36. The van der Waals surface area contributed by atoms with E-state index in [1.807, 2.05) is 13.8 Å². The normalized spacial score (nSPS) is 22.9. The fourth-order valence-electron chi connectivity index (χ4n) is 3.31. The third-order valence-corrected chi connectivity index (χ3v) is 4.09. The molecule has 0 amide bonds. The molecular weight excluding hydrogens is 260 g/mol. The van der Waals surface area contributed by atoms with Crippen LogP contribution in [0.4, 0.5) is 0 Å². The standard InChI is InChI=1S/C15H16O5/c1-15(2)4-8-9(5-15)13(18)10(6-16)7-3-11(17)20-14(19)12(7)8/h6,11,17-18H,3-5H2,1-2H3. The number of benzene rings is 1. The summed E-state index contributed by atoms with van der Waals surface area (Å²) in [7, 11) is 0. The Labute approximate surface area is 116 Å². The highest BCUT2D eigenvalue weighted by atomic mass is 16.6. The molecule has 2 aliphatic rings. The Morgan fingerprint density at radius 2 is 1.90 bits per heavy atom. The van der Waals surface area contributed by atoms with E-state index in [9.17, 15) is 19.8 Å². The highest BCUT2D eigenvalue weighted by molar-refractivity contribution is 5.99. The molecule has 0 radical (unpaired) electrons. The predicted molar refractivity (Wildman–Crippen MR) is 69.8 cm³/mol. The van der Waals surface area contributed by atoms with Crippen LogP contribution in [0, 0.1) is 5.41 Å². The summed E-state index contributed by atoms with van der Waals surface area (Å²) in [5, 5.41) is 19.9. The zero-order valence-corrected chi connectivity index (χ0v) is 11.4. The minimum absolute atomic E-state index is 0.0381. The van der Waals surface area contributed by atoms with Gasteiger partial charge in [0.1, 0.15) is 5.75 Å². The molecule has 1 aromatic rings. The van der Waals surface area contributed by atoms with Crippen LogP contribution in [-0.4, -0.2) is 28.8 Å². The second-order valence-corrected chi connectivity index (χ2v) is 6.27. The SMILES string of the molecule is CC1(C)Cc2c(O)c(C=O)c3c(c2C1)C(=O)OC(O)C3. The Kier molecular flexibility index (Phi) is 2.66. The third-order valence-electron chi connectivity index (χ3n) is 4.09. The Bertz CT molecular complexity index is 630. The lowest BCUT2D eigenvalue weighted by Crippen LogP contribution is -2.29. The molecule has 0 spiro atoms. The third kappa shape index (κ3) is 1.73. The molecule has 0 saturated carbocycles. The number of phenolic OH excluding ortho intramolecular Hbond substituents is 1. The zero-order chi connectivity index (χ0) is 14.7. The highest BCUT2D eigenvalue weighted by Gasteiger charge is 2.40. The van der Waals surface area contributed by atoms with Crippen molar-refractivity contribution >= 4 is 12.3 Å². The van der Waals surface area contributed by atoms with Crippen molar-refractivity contribution in [2.75, 3.05) is 0 Å². The molecule has 0 aromatic heterocycles. The average molecular weight is 276 g/mol. The van der Waals surface area contributed by atoms with Gasteiger partial charge in [-0.05, 0) is 34.9 Å². The summed E-state index contributed by atoms with van der Waals surface area (Å²) in [6.07, 6.45) is 0.572. The maximum Gasteiger partial charge on any atom is 0.341 e. The van der Waals surface area contributed by atoms with Crippen molar-refractivity contribution in [2.24, 2.45) is 5.41 Å². The molecule has 1 heterocycles. The molecule has 20 heavy (non-hydrogen) atoms. The summed E-state index contributed by atoms with van der Waals surface area (Å²) < 4.78 is 4.86. The number of fused-ring (bicyclic) bond motifs is 3. The van der Waals surface area contributed by atoms with Gasteiger partial charge >= 0.3 is 5.97 Å². The summed E-state index contributed by atoms with van der Waals surface area (Å²) in [6.45, 7) is 4.09. The van der Waals surface area contributed by atoms with Crippen molar-refractivity contribution in [3.8, 4) is 5.75 Å². The Morgan fingerprint density at radius 3 is 2.55 bits per heavy atom. The maximum atomic E-state index is 12.1. The van der Waals surface area contributed by atoms with Crippen molar-refractivity contribution in [1.82, 2.24) is 0 Å². The van der Waals surface area contributed by atoms with Crippen LogP contribution in [0.25, 0.3) is 0 Å². The van der Waals surface area contributed by atoms with Crippen molar-refractivity contribution in [2.45, 2.75) is 39.4 Å². The van der Waals surface area contributed by atoms with Crippen molar-refractivity contribution < 1.29 is 24.5 Å². The molecule has 1 aliphatic heterocycles. The van der Waals surface area contributed by atoms with E-state index in [-0.39, 0.29) is 23.1 Å². The van der Waals surface area contributed by atoms with Gasteiger partial charge in [0, 0.05) is 6.42 Å². The van der Waals surface area contributed by atoms with E-state index < -0.39 is 12.3 Å². The minimum Gasteiger partial charge on any atom is -0.507 e. The lowest BCUT2D eigenvalue weighted by atomic mass is 9.88. The molecule has 3 rings (SSSR count). The maximum absolute atomic E-state index is 12.1. The summed E-state index contributed by atoms with van der Waals surface area (Å²) in [5.74, 6) is -0.669. The van der Waals surface area contributed by atoms with Gasteiger partial charge in [0.15, 0.2) is 6.29 Å². The van der Waals surface area contributed by atoms with Crippen LogP contribution in [0.2, 0.25) is 0 Å². The monoisotopic (exact) mass is 276 g/mol. The van der Waals surface area contributed by atoms with Gasteiger partial charge in [-0.3, -0.25) is 4.79 Å². The van der Waals surface area contributed by atoms with Crippen molar-refractivity contribution in [3.05, 3.63) is 27.8 Å². The van der Waals surface area contributed by atoms with E-state index in [2.05, 4.69) is 0 Å². The van der Waals surface area contributed by atoms with E-state index in [0.29, 0.717) is 35.8 Å². The van der Waals surface area contributed by atoms with Gasteiger partial charge in [-0.25, -0.2) is 4.79 Å². The largest absolute Gasteiger partial charge is 0.507 e. The van der Waals surface area contributed by atoms with Gasteiger partial charge in [0.2, 0.25) is 6.29 Å². The lowest BCUT2D eigenvalue weighted by Gasteiger charge is -2.25. The van der Waals surface area contributed by atoms with Gasteiger partial charge in [0.05, 0.1) is 11.1 Å². The van der Waals surface area contributed by atoms with Crippen LogP contribution >= 0.6 is 0 Å². The summed E-state index contributed by atoms with van der Waals surface area (Å²) in [5.41, 5.74) is 2.20. The molecular formula is C15H16O5. The Hall–Kier alpha value is -1.88. The highest BCUT2D eigenvalue weighted by Crippen LogP contribution is 2.46. The number of aromatic hydroxyl groups is 1. The fraction of sp³-hybridized carbons (Fsp3) is 0.467. The van der Waals surface area contributed by atoms with Gasteiger partial charge in [-0.15, -0.1) is 0 Å². The first-order valence-corrected chi connectivity index (χ1v) is 6.58. The molecule has 1 unspecified atom stereocenters. The number of hydrogen-bond acceptors (Lipinski definition) is 5. The number of cyclic esters (lactones) is 1. The molecule has 0 fully saturated rings. The number of carbonyl (C=O) groups excluding carboxylic acids is 2. The first-order chi connectivity index (χ1) is 9.34. The molecule has 5 heteroatoms. The molecule has 1 atom stereocenters.